The summed E-state index contributed by atoms with van der Waals surface area (Å²) in [6, 6.07) is 53.7. The minimum absolute atomic E-state index is 0.0107. The fourth-order valence-electron chi connectivity index (χ4n) is 10.7. The highest BCUT2D eigenvalue weighted by molar-refractivity contribution is 7.23. The molecule has 494 valence electrons. The number of rotatable bonds is 18. The normalized spacial score (nSPS) is 11.6. The highest BCUT2D eigenvalue weighted by Crippen LogP contribution is 2.53. The maximum atomic E-state index is 14.3. The van der Waals surface area contributed by atoms with Gasteiger partial charge in [-0.25, -0.2) is 27.6 Å². The van der Waals surface area contributed by atoms with Crippen molar-refractivity contribution in [2.24, 2.45) is 7.05 Å². The Labute approximate surface area is 571 Å². The molecule has 4 heterocycles. The average molecular weight is 1370 g/mol. The lowest BCUT2D eigenvalue weighted by atomic mass is 9.95. The van der Waals surface area contributed by atoms with Crippen LogP contribution in [-0.4, -0.2) is 60.2 Å². The van der Waals surface area contributed by atoms with Crippen LogP contribution in [0, 0.1) is 5.82 Å². The summed E-state index contributed by atoms with van der Waals surface area (Å²) in [5.41, 5.74) is 6.22. The fourth-order valence-corrected chi connectivity index (χ4v) is 14.4. The molecule has 0 aliphatic carbocycles. The highest BCUT2D eigenvalue weighted by Gasteiger charge is 2.32. The molecular weight excluding hydrogens is 1310 g/mol. The van der Waals surface area contributed by atoms with Crippen LogP contribution < -0.4 is 18.9 Å². The summed E-state index contributed by atoms with van der Waals surface area (Å²) < 4.78 is 71.3. The van der Waals surface area contributed by atoms with Gasteiger partial charge in [0.1, 0.15) is 46.1 Å². The van der Waals surface area contributed by atoms with E-state index in [0.717, 1.165) is 128 Å². The van der Waals surface area contributed by atoms with Crippen molar-refractivity contribution in [3.8, 4) is 88.8 Å². The van der Waals surface area contributed by atoms with Crippen molar-refractivity contribution >= 4 is 111 Å². The van der Waals surface area contributed by atoms with Gasteiger partial charge in [-0.2, -0.15) is 0 Å². The number of benzene rings is 9. The number of aromatic hydroxyl groups is 3. The summed E-state index contributed by atoms with van der Waals surface area (Å²) in [4.78, 5) is 34.5. The minimum Gasteiger partial charge on any atom is -0.508 e. The molecule has 0 amide bonds. The number of carboxylic acids is 3. The first-order chi connectivity index (χ1) is 47.0. The van der Waals surface area contributed by atoms with Gasteiger partial charge in [-0.15, -0.1) is 34.0 Å². The number of aliphatic carboxylic acids is 3. The van der Waals surface area contributed by atoms with Crippen molar-refractivity contribution in [3.05, 3.63) is 246 Å². The van der Waals surface area contributed by atoms with Crippen molar-refractivity contribution in [3.63, 3.8) is 0 Å². The van der Waals surface area contributed by atoms with Crippen LogP contribution in [0.5, 0.6) is 57.5 Å². The van der Waals surface area contributed by atoms with E-state index in [0.29, 0.717) is 50.4 Å². The Balaban J connectivity index is 0.000000149. The second-order valence-corrected chi connectivity index (χ2v) is 25.9. The molecule has 0 bridgehead atoms. The van der Waals surface area contributed by atoms with Gasteiger partial charge in [0.05, 0.1) is 21.7 Å². The molecule has 0 fully saturated rings. The average Bonchev–Trinajstić information content (AvgIpc) is 1.62. The van der Waals surface area contributed by atoms with E-state index in [1.165, 1.54) is 36.4 Å². The number of hydrogen-bond acceptors (Lipinski definition) is 13. The highest BCUT2D eigenvalue weighted by atomic mass is 32.1. The van der Waals surface area contributed by atoms with Gasteiger partial charge in [-0.05, 0) is 185 Å². The van der Waals surface area contributed by atoms with Crippen molar-refractivity contribution in [2.75, 3.05) is 7.11 Å². The van der Waals surface area contributed by atoms with E-state index in [9.17, 15) is 42.9 Å². The molecule has 9 aromatic carbocycles. The molecule has 14 nitrogen and oxygen atoms in total. The first kappa shape index (κ1) is 67.8. The number of aryl methyl sites for hydroxylation is 1. The zero-order chi connectivity index (χ0) is 69.5. The number of aromatic nitrogens is 1. The summed E-state index contributed by atoms with van der Waals surface area (Å²) in [6.07, 6.45) is 9.75. The van der Waals surface area contributed by atoms with Crippen LogP contribution in [0.3, 0.4) is 0 Å². The number of phenolic OH excluding ortho intramolecular Hbond substituents is 3. The predicted octanol–water partition coefficient (Wildman–Crippen LogP) is 21.4. The number of carboxylic acid groups (broad SMARTS) is 3. The second kappa shape index (κ2) is 29.2. The SMILES string of the molecule is CC(F)(F)c1cc(F)ccc1-c1sc2cc(O)ccc2c1Oc1ccc(/C=C/C(=O)O)cc1.COc1ccc(-c2sc3cc(O)ccc3c2Oc2ccc(/C=C/C(=O)O)cc2)c(C(C)C)c1.Cn1ccc2c(-c3sc4cc(O)ccc4c3Oc3ccc(/C=C/C(=O)O)cc3)cccc21. The van der Waals surface area contributed by atoms with Crippen molar-refractivity contribution in [1.29, 1.82) is 0 Å². The van der Waals surface area contributed by atoms with Crippen LogP contribution in [0.4, 0.5) is 13.2 Å². The Hall–Kier alpha value is -11.6. The molecule has 0 aliphatic rings. The summed E-state index contributed by atoms with van der Waals surface area (Å²) in [5, 5.41) is 59.8. The topological polar surface area (TPSA) is 214 Å². The van der Waals surface area contributed by atoms with Crippen LogP contribution in [0.1, 0.15) is 54.5 Å². The number of hydrogen-bond donors (Lipinski definition) is 6. The summed E-state index contributed by atoms with van der Waals surface area (Å²) in [7, 11) is 3.68. The van der Waals surface area contributed by atoms with Gasteiger partial charge in [0, 0.05) is 96.2 Å². The smallest absolute Gasteiger partial charge is 0.328 e. The number of nitrogens with zero attached hydrogens (tertiary/aromatic N) is 1. The number of alkyl halides is 2. The molecule has 6 N–H and O–H groups in total. The molecule has 98 heavy (non-hydrogen) atoms. The minimum atomic E-state index is -3.30. The molecule has 0 saturated carbocycles. The number of phenols is 3. The molecule has 0 atom stereocenters. The lowest BCUT2D eigenvalue weighted by Crippen LogP contribution is -2.09. The largest absolute Gasteiger partial charge is 0.508 e. The Kier molecular flexibility index (Phi) is 20.2. The quantitative estimate of drug-likeness (QED) is 0.0442. The van der Waals surface area contributed by atoms with E-state index in [-0.39, 0.29) is 28.7 Å². The summed E-state index contributed by atoms with van der Waals surface area (Å²) in [5.74, 6) is -2.22. The monoisotopic (exact) mass is 1370 g/mol. The molecule has 0 aliphatic heterocycles. The number of fused-ring (bicyclic) bond motifs is 4. The van der Waals surface area contributed by atoms with Crippen molar-refractivity contribution in [2.45, 2.75) is 32.6 Å². The van der Waals surface area contributed by atoms with Crippen LogP contribution in [0.2, 0.25) is 0 Å². The molecule has 0 saturated heterocycles. The van der Waals surface area contributed by atoms with Crippen molar-refractivity contribution < 1.29 is 77.1 Å². The molecule has 13 aromatic rings. The Bertz CT molecular complexity index is 5230. The van der Waals surface area contributed by atoms with Crippen LogP contribution in [0.25, 0.3) is 90.7 Å². The van der Waals surface area contributed by atoms with Gasteiger partial charge in [-0.3, -0.25) is 0 Å². The number of methoxy groups -OCH3 is 1. The zero-order valence-corrected chi connectivity index (χ0v) is 55.3. The van der Waals surface area contributed by atoms with E-state index in [4.69, 9.17) is 34.3 Å². The zero-order valence-electron chi connectivity index (χ0n) is 52.9. The second-order valence-electron chi connectivity index (χ2n) is 22.7. The van der Waals surface area contributed by atoms with E-state index in [1.807, 2.05) is 92.1 Å². The first-order valence-electron chi connectivity index (χ1n) is 30.2. The molecule has 20 heteroatoms. The van der Waals surface area contributed by atoms with Gasteiger partial charge in [0.25, 0.3) is 5.92 Å². The molecule has 4 aromatic heterocycles. The van der Waals surface area contributed by atoms with E-state index < -0.39 is 35.2 Å². The van der Waals surface area contributed by atoms with Crippen LogP contribution in [-0.2, 0) is 27.4 Å². The number of carbonyl (C=O) groups is 3. The Morgan fingerprint density at radius 2 is 0.878 bits per heavy atom. The van der Waals surface area contributed by atoms with Crippen LogP contribution in [0.15, 0.2) is 212 Å². The standard InChI is InChI=1S/C27H24O5S.C26H19NO4S.C25H17F3O4S/c1-16(2)23-15-20(31-3)10-12-21(23)27-26(22-11-7-18(28)14-24(22)33-27)32-19-8-4-17(5-9-19)6-13-25(29)30;1-27-14-13-19-20(3-2-4-22(19)27)26-25(21-11-8-17(28)15-23(21)32-26)31-18-9-5-16(6-10-18)7-12-24(29)30;1-25(27,28)20-12-15(26)5-9-18(20)24-23(19-10-6-16(29)13-21(19)33-24)32-17-7-2-14(3-8-17)4-11-22(30)31/h4-16,28H,1-3H3,(H,29,30);2-15,28H,1H3,(H,29,30);2-13,29H,1H3,(H,30,31)/b13-6+;12-7+;11-4+. The van der Waals surface area contributed by atoms with E-state index in [2.05, 4.69) is 42.7 Å². The number of ether oxygens (including phenoxy) is 4. The Morgan fingerprint density at radius 1 is 0.480 bits per heavy atom. The Morgan fingerprint density at radius 3 is 1.28 bits per heavy atom. The van der Waals surface area contributed by atoms with Crippen LogP contribution >= 0.6 is 34.0 Å². The first-order valence-corrected chi connectivity index (χ1v) is 32.7. The van der Waals surface area contributed by atoms with E-state index in [1.54, 1.807) is 84.4 Å². The van der Waals surface area contributed by atoms with Gasteiger partial charge in [0.2, 0.25) is 0 Å². The fraction of sp³-hybridized carbons (Fsp3) is 0.0897. The lowest BCUT2D eigenvalue weighted by molar-refractivity contribution is -0.132. The molecule has 13 rings (SSSR count). The molecular formula is C78H60F3NO13S3. The number of thiophene rings is 3. The third-order valence-electron chi connectivity index (χ3n) is 15.4. The molecule has 0 unspecified atom stereocenters. The van der Waals surface area contributed by atoms with Gasteiger partial charge in [-0.1, -0.05) is 68.4 Å². The third kappa shape index (κ3) is 15.7. The maximum Gasteiger partial charge on any atom is 0.328 e. The third-order valence-corrected chi connectivity index (χ3v) is 18.9. The summed E-state index contributed by atoms with van der Waals surface area (Å²) in [6.45, 7) is 4.98. The van der Waals surface area contributed by atoms with Crippen molar-refractivity contribution in [1.82, 2.24) is 4.57 Å². The van der Waals surface area contributed by atoms with Gasteiger partial charge in [0.15, 0.2) is 17.2 Å². The van der Waals surface area contributed by atoms with Gasteiger partial charge < -0.3 is 54.2 Å². The lowest BCUT2D eigenvalue weighted by Gasteiger charge is -2.16. The molecule has 0 spiro atoms. The summed E-state index contributed by atoms with van der Waals surface area (Å²) >= 11 is 4.29. The molecule has 0 radical (unpaired) electrons. The van der Waals surface area contributed by atoms with Gasteiger partial charge >= 0.3 is 17.9 Å². The van der Waals surface area contributed by atoms with E-state index >= 15 is 0 Å². The number of halogens is 3. The predicted molar refractivity (Wildman–Crippen MR) is 383 cm³/mol. The maximum absolute atomic E-state index is 14.3.